The summed E-state index contributed by atoms with van der Waals surface area (Å²) in [4.78, 5) is 0. The van der Waals surface area contributed by atoms with Crippen LogP contribution in [-0.2, 0) is 12.8 Å². The molecule has 0 heterocycles. The lowest BCUT2D eigenvalue weighted by atomic mass is 9.92. The summed E-state index contributed by atoms with van der Waals surface area (Å²) < 4.78 is 0. The molecule has 19 heavy (non-hydrogen) atoms. The van der Waals surface area contributed by atoms with Gasteiger partial charge in [-0.25, -0.2) is 0 Å². The third kappa shape index (κ3) is 4.24. The van der Waals surface area contributed by atoms with Crippen LogP contribution in [0.2, 0.25) is 10.0 Å². The van der Waals surface area contributed by atoms with E-state index in [0.29, 0.717) is 12.5 Å². The third-order valence-electron chi connectivity index (χ3n) is 3.21. The van der Waals surface area contributed by atoms with Crippen molar-refractivity contribution in [2.45, 2.75) is 12.8 Å². The third-order valence-corrected chi connectivity index (χ3v) is 3.82. The second-order valence-electron chi connectivity index (χ2n) is 4.73. The van der Waals surface area contributed by atoms with E-state index < -0.39 is 0 Å². The lowest BCUT2D eigenvalue weighted by Crippen LogP contribution is -2.19. The molecule has 1 unspecified atom stereocenters. The van der Waals surface area contributed by atoms with E-state index in [1.807, 2.05) is 36.4 Å². The van der Waals surface area contributed by atoms with Crippen LogP contribution in [0.1, 0.15) is 11.1 Å². The number of hydrogen-bond donors (Lipinski definition) is 1. The molecule has 2 N–H and O–H groups in total. The Labute approximate surface area is 124 Å². The average Bonchev–Trinajstić information content (AvgIpc) is 2.40. The molecule has 0 bridgehead atoms. The summed E-state index contributed by atoms with van der Waals surface area (Å²) in [5, 5.41) is 1.58. The van der Waals surface area contributed by atoms with Crippen LogP contribution in [0.5, 0.6) is 0 Å². The van der Waals surface area contributed by atoms with Crippen molar-refractivity contribution in [1.29, 1.82) is 0 Å². The molecule has 3 heteroatoms. The van der Waals surface area contributed by atoms with Crippen LogP contribution in [0.3, 0.4) is 0 Å². The molecule has 0 radical (unpaired) electrons. The Morgan fingerprint density at radius 3 is 2.42 bits per heavy atom. The number of benzene rings is 2. The zero-order valence-corrected chi connectivity index (χ0v) is 12.2. The molecule has 2 rings (SSSR count). The van der Waals surface area contributed by atoms with Crippen molar-refractivity contribution >= 4 is 23.2 Å². The molecule has 2 aromatic carbocycles. The molecular weight excluding hydrogens is 277 g/mol. The molecule has 100 valence electrons. The molecule has 0 fully saturated rings. The van der Waals surface area contributed by atoms with E-state index in [1.54, 1.807) is 0 Å². The zero-order valence-electron chi connectivity index (χ0n) is 10.7. The first-order valence-corrected chi connectivity index (χ1v) is 7.12. The highest BCUT2D eigenvalue weighted by Gasteiger charge is 2.11. The second kappa shape index (κ2) is 6.95. The largest absolute Gasteiger partial charge is 0.330 e. The first-order valence-electron chi connectivity index (χ1n) is 6.37. The normalized spacial score (nSPS) is 12.4. The Morgan fingerprint density at radius 2 is 1.74 bits per heavy atom. The van der Waals surface area contributed by atoms with Crippen molar-refractivity contribution in [2.24, 2.45) is 11.7 Å². The van der Waals surface area contributed by atoms with Crippen molar-refractivity contribution in [1.82, 2.24) is 0 Å². The molecular formula is C16H17Cl2N. The molecule has 1 atom stereocenters. The van der Waals surface area contributed by atoms with Crippen LogP contribution in [0.15, 0.2) is 48.5 Å². The minimum Gasteiger partial charge on any atom is -0.330 e. The highest BCUT2D eigenvalue weighted by molar-refractivity contribution is 6.31. The quantitative estimate of drug-likeness (QED) is 0.871. The SMILES string of the molecule is NCC(Cc1cccc(Cl)c1)Cc1ccccc1Cl. The van der Waals surface area contributed by atoms with Crippen LogP contribution >= 0.6 is 23.2 Å². The number of hydrogen-bond acceptors (Lipinski definition) is 1. The van der Waals surface area contributed by atoms with E-state index in [1.165, 1.54) is 5.56 Å². The van der Waals surface area contributed by atoms with E-state index in [2.05, 4.69) is 12.1 Å². The number of rotatable bonds is 5. The van der Waals surface area contributed by atoms with Gasteiger partial charge < -0.3 is 5.73 Å². The Hall–Kier alpha value is -1.02. The van der Waals surface area contributed by atoms with Gasteiger partial charge in [0.2, 0.25) is 0 Å². The van der Waals surface area contributed by atoms with E-state index in [4.69, 9.17) is 28.9 Å². The lowest BCUT2D eigenvalue weighted by Gasteiger charge is -2.16. The Morgan fingerprint density at radius 1 is 0.947 bits per heavy atom. The highest BCUT2D eigenvalue weighted by atomic mass is 35.5. The molecule has 0 aromatic heterocycles. The van der Waals surface area contributed by atoms with Gasteiger partial charge in [-0.3, -0.25) is 0 Å². The highest BCUT2D eigenvalue weighted by Crippen LogP contribution is 2.21. The van der Waals surface area contributed by atoms with Crippen molar-refractivity contribution < 1.29 is 0 Å². The molecule has 0 saturated carbocycles. The van der Waals surface area contributed by atoms with Crippen molar-refractivity contribution in [3.63, 3.8) is 0 Å². The molecule has 0 aliphatic heterocycles. The standard InChI is InChI=1S/C16H17Cl2N/c17-15-6-3-4-12(10-15)8-13(11-19)9-14-5-1-2-7-16(14)18/h1-7,10,13H,8-9,11,19H2. The summed E-state index contributed by atoms with van der Waals surface area (Å²) in [6, 6.07) is 15.9. The molecule has 0 saturated heterocycles. The van der Waals surface area contributed by atoms with Crippen LogP contribution in [0, 0.1) is 5.92 Å². The monoisotopic (exact) mass is 293 g/mol. The van der Waals surface area contributed by atoms with Crippen molar-refractivity contribution in [3.05, 3.63) is 69.7 Å². The molecule has 0 amide bonds. The van der Waals surface area contributed by atoms with Crippen LogP contribution in [0.25, 0.3) is 0 Å². The molecule has 2 aromatic rings. The predicted octanol–water partition coefficient (Wildman–Crippen LogP) is 4.35. The summed E-state index contributed by atoms with van der Waals surface area (Å²) in [5.74, 6) is 0.373. The van der Waals surface area contributed by atoms with Crippen LogP contribution < -0.4 is 5.73 Å². The van der Waals surface area contributed by atoms with E-state index in [-0.39, 0.29) is 0 Å². The molecule has 0 aliphatic rings. The van der Waals surface area contributed by atoms with Crippen LogP contribution in [-0.4, -0.2) is 6.54 Å². The topological polar surface area (TPSA) is 26.0 Å². The average molecular weight is 294 g/mol. The van der Waals surface area contributed by atoms with Gasteiger partial charge in [0.15, 0.2) is 0 Å². The lowest BCUT2D eigenvalue weighted by molar-refractivity contribution is 0.533. The van der Waals surface area contributed by atoms with Gasteiger partial charge in [-0.1, -0.05) is 53.5 Å². The fraction of sp³-hybridized carbons (Fsp3) is 0.250. The van der Waals surface area contributed by atoms with Gasteiger partial charge in [-0.05, 0) is 54.6 Å². The maximum Gasteiger partial charge on any atom is 0.0438 e. The van der Waals surface area contributed by atoms with Gasteiger partial charge in [0.05, 0.1) is 0 Å². The number of nitrogens with two attached hydrogens (primary N) is 1. The smallest absolute Gasteiger partial charge is 0.0438 e. The van der Waals surface area contributed by atoms with E-state index in [0.717, 1.165) is 28.5 Å². The van der Waals surface area contributed by atoms with Gasteiger partial charge in [0.1, 0.15) is 0 Å². The minimum absolute atomic E-state index is 0.373. The molecule has 0 aliphatic carbocycles. The fourth-order valence-corrected chi connectivity index (χ4v) is 2.64. The Bertz CT molecular complexity index is 540. The van der Waals surface area contributed by atoms with E-state index >= 15 is 0 Å². The van der Waals surface area contributed by atoms with Gasteiger partial charge in [0.25, 0.3) is 0 Å². The summed E-state index contributed by atoms with van der Waals surface area (Å²) in [6.45, 7) is 0.637. The predicted molar refractivity (Wildman–Crippen MR) is 82.9 cm³/mol. The van der Waals surface area contributed by atoms with Gasteiger partial charge in [0, 0.05) is 10.0 Å². The molecule has 1 nitrogen and oxygen atoms in total. The second-order valence-corrected chi connectivity index (χ2v) is 5.57. The fourth-order valence-electron chi connectivity index (χ4n) is 2.21. The maximum absolute atomic E-state index is 6.19. The maximum atomic E-state index is 6.19. The van der Waals surface area contributed by atoms with Crippen molar-refractivity contribution in [3.8, 4) is 0 Å². The van der Waals surface area contributed by atoms with Gasteiger partial charge >= 0.3 is 0 Å². The van der Waals surface area contributed by atoms with Gasteiger partial charge in [-0.15, -0.1) is 0 Å². The summed E-state index contributed by atoms with van der Waals surface area (Å²) in [7, 11) is 0. The zero-order chi connectivity index (χ0) is 13.7. The Kier molecular flexibility index (Phi) is 5.26. The van der Waals surface area contributed by atoms with Crippen molar-refractivity contribution in [2.75, 3.05) is 6.54 Å². The number of halogens is 2. The minimum atomic E-state index is 0.373. The first kappa shape index (κ1) is 14.4. The summed E-state index contributed by atoms with van der Waals surface area (Å²) in [6.07, 6.45) is 1.81. The summed E-state index contributed by atoms with van der Waals surface area (Å²) in [5.41, 5.74) is 8.25. The van der Waals surface area contributed by atoms with Gasteiger partial charge in [-0.2, -0.15) is 0 Å². The summed E-state index contributed by atoms with van der Waals surface area (Å²) >= 11 is 12.2. The van der Waals surface area contributed by atoms with E-state index in [9.17, 15) is 0 Å². The molecule has 0 spiro atoms. The van der Waals surface area contributed by atoms with Crippen LogP contribution in [0.4, 0.5) is 0 Å². The Balaban J connectivity index is 2.07. The first-order chi connectivity index (χ1) is 9.19.